The summed E-state index contributed by atoms with van der Waals surface area (Å²) in [5.74, 6) is -0.234. The predicted molar refractivity (Wildman–Crippen MR) is 75.5 cm³/mol. The first-order valence-corrected chi connectivity index (χ1v) is 6.41. The third kappa shape index (κ3) is 3.16. The topological polar surface area (TPSA) is 34.1 Å². The summed E-state index contributed by atoms with van der Waals surface area (Å²) in [7, 11) is 0. The first kappa shape index (κ1) is 13.2. The molecule has 0 saturated carbocycles. The third-order valence-corrected chi connectivity index (χ3v) is 3.12. The smallest absolute Gasteiger partial charge is 0.170 e. The van der Waals surface area contributed by atoms with E-state index in [2.05, 4.69) is 0 Å². The van der Waals surface area contributed by atoms with E-state index in [-0.39, 0.29) is 18.0 Å². The first-order valence-electron chi connectivity index (χ1n) is 6.41. The molecule has 0 saturated heterocycles. The molecule has 0 atom stereocenters. The van der Waals surface area contributed by atoms with Gasteiger partial charge >= 0.3 is 0 Å². The molecule has 0 amide bonds. The minimum atomic E-state index is -0.128. The largest absolute Gasteiger partial charge is 0.294 e. The van der Waals surface area contributed by atoms with Crippen LogP contribution in [-0.4, -0.2) is 11.6 Å². The van der Waals surface area contributed by atoms with E-state index in [1.807, 2.05) is 31.2 Å². The Morgan fingerprint density at radius 2 is 1.47 bits per heavy atom. The number of rotatable bonds is 5. The number of benzene rings is 2. The Morgan fingerprint density at radius 3 is 2.16 bits per heavy atom. The molecule has 0 bridgehead atoms. The quantitative estimate of drug-likeness (QED) is 0.600. The van der Waals surface area contributed by atoms with Gasteiger partial charge in [-0.2, -0.15) is 0 Å². The predicted octanol–water partition coefficient (Wildman–Crippen LogP) is 3.70. The number of hydrogen-bond acceptors (Lipinski definition) is 2. The molecule has 0 aliphatic carbocycles. The first-order chi connectivity index (χ1) is 9.22. The molecule has 2 aromatic rings. The van der Waals surface area contributed by atoms with Crippen molar-refractivity contribution in [3.63, 3.8) is 0 Å². The summed E-state index contributed by atoms with van der Waals surface area (Å²) in [4.78, 5) is 24.2. The van der Waals surface area contributed by atoms with Crippen molar-refractivity contribution in [2.24, 2.45) is 0 Å². The second-order valence-corrected chi connectivity index (χ2v) is 4.40. The molecule has 2 nitrogen and oxygen atoms in total. The van der Waals surface area contributed by atoms with Gasteiger partial charge in [-0.1, -0.05) is 61.5 Å². The van der Waals surface area contributed by atoms with Crippen molar-refractivity contribution in [3.8, 4) is 0 Å². The van der Waals surface area contributed by atoms with Crippen molar-refractivity contribution in [3.05, 3.63) is 71.3 Å². The lowest BCUT2D eigenvalue weighted by molar-refractivity contribution is 0.0894. The van der Waals surface area contributed by atoms with E-state index in [9.17, 15) is 9.59 Å². The van der Waals surface area contributed by atoms with Gasteiger partial charge in [0.2, 0.25) is 0 Å². The van der Waals surface area contributed by atoms with E-state index in [1.165, 1.54) is 0 Å². The third-order valence-electron chi connectivity index (χ3n) is 3.12. The molecule has 0 N–H and O–H groups in total. The van der Waals surface area contributed by atoms with Crippen LogP contribution in [0.25, 0.3) is 0 Å². The summed E-state index contributed by atoms with van der Waals surface area (Å²) in [6.45, 7) is 2.01. The lowest BCUT2D eigenvalue weighted by Crippen LogP contribution is -2.10. The van der Waals surface area contributed by atoms with Crippen LogP contribution in [0.3, 0.4) is 0 Å². The van der Waals surface area contributed by atoms with Crippen LogP contribution in [0.4, 0.5) is 0 Å². The molecule has 19 heavy (non-hydrogen) atoms. The lowest BCUT2D eigenvalue weighted by atomic mass is 9.97. The van der Waals surface area contributed by atoms with E-state index >= 15 is 0 Å². The zero-order valence-electron chi connectivity index (χ0n) is 10.9. The molecule has 0 radical (unpaired) electrons. The van der Waals surface area contributed by atoms with E-state index in [0.29, 0.717) is 11.1 Å². The summed E-state index contributed by atoms with van der Waals surface area (Å²) >= 11 is 0. The normalized spacial score (nSPS) is 10.2. The van der Waals surface area contributed by atoms with Gasteiger partial charge in [-0.25, -0.2) is 0 Å². The van der Waals surface area contributed by atoms with Gasteiger partial charge in [0.05, 0.1) is 6.42 Å². The van der Waals surface area contributed by atoms with E-state index in [1.54, 1.807) is 30.3 Å². The van der Waals surface area contributed by atoms with Crippen molar-refractivity contribution in [1.29, 1.82) is 0 Å². The maximum Gasteiger partial charge on any atom is 0.170 e. The second kappa shape index (κ2) is 6.10. The van der Waals surface area contributed by atoms with Gasteiger partial charge in [-0.15, -0.1) is 0 Å². The fraction of sp³-hybridized carbons (Fsp3) is 0.176. The van der Waals surface area contributed by atoms with E-state index in [0.717, 1.165) is 12.0 Å². The fourth-order valence-corrected chi connectivity index (χ4v) is 2.07. The van der Waals surface area contributed by atoms with Gasteiger partial charge in [-0.3, -0.25) is 9.59 Å². The van der Waals surface area contributed by atoms with Crippen LogP contribution in [0.15, 0.2) is 54.6 Å². The molecule has 96 valence electrons. The Hall–Kier alpha value is -2.22. The number of carbonyl (C=O) groups excluding carboxylic acids is 2. The fourth-order valence-electron chi connectivity index (χ4n) is 2.07. The van der Waals surface area contributed by atoms with Gasteiger partial charge in [0.1, 0.15) is 0 Å². The van der Waals surface area contributed by atoms with E-state index < -0.39 is 0 Å². The monoisotopic (exact) mass is 252 g/mol. The average Bonchev–Trinajstić information content (AvgIpc) is 2.48. The van der Waals surface area contributed by atoms with Crippen molar-refractivity contribution in [2.75, 3.05) is 0 Å². The average molecular weight is 252 g/mol. The van der Waals surface area contributed by atoms with Crippen molar-refractivity contribution in [2.45, 2.75) is 19.8 Å². The van der Waals surface area contributed by atoms with Crippen LogP contribution in [-0.2, 0) is 6.42 Å². The zero-order chi connectivity index (χ0) is 13.7. The summed E-state index contributed by atoms with van der Waals surface area (Å²) < 4.78 is 0. The summed E-state index contributed by atoms with van der Waals surface area (Å²) in [6.07, 6.45) is 0.725. The molecule has 0 spiro atoms. The molecule has 0 aliphatic rings. The summed E-state index contributed by atoms with van der Waals surface area (Å²) in [5.41, 5.74) is 2.24. The molecule has 0 aliphatic heterocycles. The Balaban J connectivity index is 2.16. The maximum absolute atomic E-state index is 12.2. The number of carbonyl (C=O) groups is 2. The highest BCUT2D eigenvalue weighted by molar-refractivity contribution is 6.13. The number of ketones is 2. The van der Waals surface area contributed by atoms with Crippen molar-refractivity contribution >= 4 is 11.6 Å². The Kier molecular flexibility index (Phi) is 4.24. The van der Waals surface area contributed by atoms with Crippen LogP contribution in [0.1, 0.15) is 39.6 Å². The SMILES string of the molecule is CCc1ccccc1C(=O)CC(=O)c1ccccc1. The van der Waals surface area contributed by atoms with Gasteiger partial charge < -0.3 is 0 Å². The number of aryl methyl sites for hydroxylation is 1. The van der Waals surface area contributed by atoms with Crippen LogP contribution in [0, 0.1) is 0 Å². The summed E-state index contributed by atoms with van der Waals surface area (Å²) in [6, 6.07) is 16.4. The molecule has 2 aromatic carbocycles. The van der Waals surface area contributed by atoms with Crippen LogP contribution in [0.2, 0.25) is 0 Å². The Bertz CT molecular complexity index is 585. The highest BCUT2D eigenvalue weighted by atomic mass is 16.1. The molecular weight excluding hydrogens is 236 g/mol. The molecular formula is C17H16O2. The molecule has 0 aromatic heterocycles. The van der Waals surface area contributed by atoms with Crippen LogP contribution >= 0.6 is 0 Å². The minimum Gasteiger partial charge on any atom is -0.294 e. The Morgan fingerprint density at radius 1 is 0.842 bits per heavy atom. The van der Waals surface area contributed by atoms with Crippen molar-refractivity contribution in [1.82, 2.24) is 0 Å². The lowest BCUT2D eigenvalue weighted by Gasteiger charge is -2.06. The molecule has 0 fully saturated rings. The number of hydrogen-bond donors (Lipinski definition) is 0. The maximum atomic E-state index is 12.2. The van der Waals surface area contributed by atoms with Crippen LogP contribution in [0.5, 0.6) is 0 Å². The Labute approximate surface area is 113 Å². The van der Waals surface area contributed by atoms with Gasteiger partial charge in [0.25, 0.3) is 0 Å². The molecule has 0 unspecified atom stereocenters. The van der Waals surface area contributed by atoms with Gasteiger partial charge in [0, 0.05) is 11.1 Å². The van der Waals surface area contributed by atoms with Gasteiger partial charge in [-0.05, 0) is 12.0 Å². The molecule has 0 heterocycles. The van der Waals surface area contributed by atoms with Crippen molar-refractivity contribution < 1.29 is 9.59 Å². The van der Waals surface area contributed by atoms with Crippen LogP contribution < -0.4 is 0 Å². The van der Waals surface area contributed by atoms with E-state index in [4.69, 9.17) is 0 Å². The minimum absolute atomic E-state index is 0.0684. The molecule has 2 heteroatoms. The standard InChI is InChI=1S/C17H16O2/c1-2-13-8-6-7-11-15(13)17(19)12-16(18)14-9-4-3-5-10-14/h3-11H,2,12H2,1H3. The second-order valence-electron chi connectivity index (χ2n) is 4.40. The molecule has 2 rings (SSSR count). The zero-order valence-corrected chi connectivity index (χ0v) is 10.9. The summed E-state index contributed by atoms with van der Waals surface area (Å²) in [5, 5.41) is 0. The highest BCUT2D eigenvalue weighted by Gasteiger charge is 2.15. The van der Waals surface area contributed by atoms with Gasteiger partial charge in [0.15, 0.2) is 11.6 Å². The highest BCUT2D eigenvalue weighted by Crippen LogP contribution is 2.14. The number of Topliss-reactive ketones (excluding diaryl/α,β-unsaturated/α-hetero) is 2.